The summed E-state index contributed by atoms with van der Waals surface area (Å²) in [5.74, 6) is -1.02. The second kappa shape index (κ2) is 7.01. The van der Waals surface area contributed by atoms with Crippen LogP contribution in [0.25, 0.3) is 0 Å². The maximum Gasteiger partial charge on any atom is 0.339 e. The predicted octanol–water partition coefficient (Wildman–Crippen LogP) is 0.0647. The van der Waals surface area contributed by atoms with Crippen LogP contribution in [0.5, 0.6) is 0 Å². The van der Waals surface area contributed by atoms with E-state index < -0.39 is 12.0 Å². The molecule has 0 fully saturated rings. The molecule has 0 unspecified atom stereocenters. The molecule has 106 valence electrons. The third-order valence-corrected chi connectivity index (χ3v) is 2.84. The fourth-order valence-electron chi connectivity index (χ4n) is 1.85. The first-order valence-corrected chi connectivity index (χ1v) is 6.18. The van der Waals surface area contributed by atoms with Gasteiger partial charge in [-0.3, -0.25) is 0 Å². The summed E-state index contributed by atoms with van der Waals surface area (Å²) in [6.45, 7) is 3.08. The monoisotopic (exact) mass is 269 g/mol. The van der Waals surface area contributed by atoms with Crippen molar-refractivity contribution in [1.82, 2.24) is 10.2 Å². The van der Waals surface area contributed by atoms with Gasteiger partial charge in [0.1, 0.15) is 5.56 Å². The van der Waals surface area contributed by atoms with E-state index in [9.17, 15) is 9.90 Å². The first-order valence-electron chi connectivity index (χ1n) is 6.18. The van der Waals surface area contributed by atoms with E-state index >= 15 is 0 Å². The molecular weight excluding hydrogens is 250 g/mol. The number of carboxylic acid groups (broad SMARTS) is 1. The van der Waals surface area contributed by atoms with Crippen molar-refractivity contribution in [1.29, 1.82) is 0 Å². The van der Waals surface area contributed by atoms with Crippen molar-refractivity contribution in [2.75, 3.05) is 18.5 Å². The smallest absolute Gasteiger partial charge is 0.339 e. The molecule has 0 amide bonds. The third-order valence-electron chi connectivity index (χ3n) is 2.84. The Morgan fingerprint density at radius 2 is 1.84 bits per heavy atom. The SMILES string of the molecule is CCc1nnc(NC(CO)CO)c(C(=O)O)c1CC. The second-order valence-electron chi connectivity index (χ2n) is 4.07. The average Bonchev–Trinajstić information content (AvgIpc) is 2.43. The van der Waals surface area contributed by atoms with Gasteiger partial charge in [0, 0.05) is 0 Å². The van der Waals surface area contributed by atoms with Crippen LogP contribution in [-0.2, 0) is 12.8 Å². The number of aliphatic hydroxyl groups is 2. The van der Waals surface area contributed by atoms with E-state index in [-0.39, 0.29) is 24.6 Å². The van der Waals surface area contributed by atoms with Gasteiger partial charge >= 0.3 is 5.97 Å². The summed E-state index contributed by atoms with van der Waals surface area (Å²) in [5.41, 5.74) is 1.33. The summed E-state index contributed by atoms with van der Waals surface area (Å²) in [6, 6.07) is -0.662. The minimum Gasteiger partial charge on any atom is -0.478 e. The van der Waals surface area contributed by atoms with E-state index in [0.717, 1.165) is 0 Å². The molecule has 0 atom stereocenters. The van der Waals surface area contributed by atoms with Gasteiger partial charge in [0.2, 0.25) is 0 Å². The molecule has 1 aromatic heterocycles. The Balaban J connectivity index is 3.28. The second-order valence-corrected chi connectivity index (χ2v) is 4.07. The number of aromatic carboxylic acids is 1. The molecular formula is C12H19N3O4. The number of nitrogens with one attached hydrogen (secondary N) is 1. The normalized spacial score (nSPS) is 10.8. The van der Waals surface area contributed by atoms with Crippen molar-refractivity contribution in [2.45, 2.75) is 32.7 Å². The molecule has 4 N–H and O–H groups in total. The molecule has 0 bridgehead atoms. The minimum absolute atomic E-state index is 0.0567. The largest absolute Gasteiger partial charge is 0.478 e. The summed E-state index contributed by atoms with van der Waals surface area (Å²) in [4.78, 5) is 11.4. The van der Waals surface area contributed by atoms with E-state index in [4.69, 9.17) is 10.2 Å². The topological polar surface area (TPSA) is 116 Å². The molecule has 19 heavy (non-hydrogen) atoms. The Morgan fingerprint density at radius 3 is 2.26 bits per heavy atom. The Bertz CT molecular complexity index is 447. The predicted molar refractivity (Wildman–Crippen MR) is 69.3 cm³/mol. The van der Waals surface area contributed by atoms with Gasteiger partial charge in [-0.25, -0.2) is 4.79 Å². The van der Waals surface area contributed by atoms with Crippen molar-refractivity contribution in [3.63, 3.8) is 0 Å². The number of aromatic nitrogens is 2. The number of hydrogen-bond donors (Lipinski definition) is 4. The zero-order valence-corrected chi connectivity index (χ0v) is 11.1. The fourth-order valence-corrected chi connectivity index (χ4v) is 1.85. The van der Waals surface area contributed by atoms with E-state index in [1.54, 1.807) is 0 Å². The first kappa shape index (κ1) is 15.3. The fraction of sp³-hybridized carbons (Fsp3) is 0.583. The molecule has 1 rings (SSSR count). The van der Waals surface area contributed by atoms with Crippen LogP contribution in [0.3, 0.4) is 0 Å². The molecule has 7 heteroatoms. The molecule has 0 aromatic carbocycles. The molecule has 0 aliphatic carbocycles. The lowest BCUT2D eigenvalue weighted by Gasteiger charge is -2.17. The van der Waals surface area contributed by atoms with Crippen molar-refractivity contribution in [3.8, 4) is 0 Å². The average molecular weight is 269 g/mol. The number of aryl methyl sites for hydroxylation is 1. The highest BCUT2D eigenvalue weighted by Gasteiger charge is 2.21. The lowest BCUT2D eigenvalue weighted by molar-refractivity contribution is 0.0695. The van der Waals surface area contributed by atoms with Gasteiger partial charge in [0.25, 0.3) is 0 Å². The number of aliphatic hydroxyl groups excluding tert-OH is 2. The first-order chi connectivity index (χ1) is 9.08. The summed E-state index contributed by atoms with van der Waals surface area (Å²) in [5, 5.41) is 37.9. The van der Waals surface area contributed by atoms with Crippen LogP contribution < -0.4 is 5.32 Å². The molecule has 0 saturated carbocycles. The van der Waals surface area contributed by atoms with Crippen molar-refractivity contribution >= 4 is 11.8 Å². The highest BCUT2D eigenvalue weighted by molar-refractivity contribution is 5.95. The number of rotatable bonds is 7. The van der Waals surface area contributed by atoms with E-state index in [1.807, 2.05) is 13.8 Å². The van der Waals surface area contributed by atoms with E-state index in [1.165, 1.54) is 0 Å². The maximum atomic E-state index is 11.4. The minimum atomic E-state index is -1.10. The third kappa shape index (κ3) is 3.39. The maximum absolute atomic E-state index is 11.4. The molecule has 1 aromatic rings. The van der Waals surface area contributed by atoms with Crippen LogP contribution in [0.4, 0.5) is 5.82 Å². The summed E-state index contributed by atoms with van der Waals surface area (Å²) < 4.78 is 0. The summed E-state index contributed by atoms with van der Waals surface area (Å²) >= 11 is 0. The number of nitrogens with zero attached hydrogens (tertiary/aromatic N) is 2. The highest BCUT2D eigenvalue weighted by atomic mass is 16.4. The van der Waals surface area contributed by atoms with Gasteiger partial charge in [-0.15, -0.1) is 5.10 Å². The zero-order chi connectivity index (χ0) is 14.4. The lowest BCUT2D eigenvalue weighted by atomic mass is 10.0. The zero-order valence-electron chi connectivity index (χ0n) is 11.1. The van der Waals surface area contributed by atoms with Crippen molar-refractivity contribution in [2.24, 2.45) is 0 Å². The van der Waals surface area contributed by atoms with E-state index in [0.29, 0.717) is 24.1 Å². The Morgan fingerprint density at radius 1 is 1.21 bits per heavy atom. The molecule has 7 nitrogen and oxygen atoms in total. The quantitative estimate of drug-likeness (QED) is 0.553. The van der Waals surface area contributed by atoms with Crippen LogP contribution in [-0.4, -0.2) is 50.7 Å². The van der Waals surface area contributed by atoms with Gasteiger partial charge in [0.15, 0.2) is 5.82 Å². The molecule has 0 radical (unpaired) electrons. The van der Waals surface area contributed by atoms with Crippen LogP contribution >= 0.6 is 0 Å². The highest BCUT2D eigenvalue weighted by Crippen LogP contribution is 2.21. The molecule has 0 aliphatic heterocycles. The summed E-state index contributed by atoms with van der Waals surface area (Å²) in [7, 11) is 0. The van der Waals surface area contributed by atoms with Crippen molar-refractivity contribution in [3.05, 3.63) is 16.8 Å². The molecule has 0 aliphatic rings. The Labute approximate surface area is 111 Å². The number of anilines is 1. The van der Waals surface area contributed by atoms with Crippen LogP contribution in [0, 0.1) is 0 Å². The number of carboxylic acids is 1. The number of carbonyl (C=O) groups is 1. The molecule has 0 saturated heterocycles. The van der Waals surface area contributed by atoms with Gasteiger partial charge in [-0.1, -0.05) is 13.8 Å². The van der Waals surface area contributed by atoms with E-state index in [2.05, 4.69) is 15.5 Å². The van der Waals surface area contributed by atoms with Gasteiger partial charge in [-0.2, -0.15) is 5.10 Å². The number of hydrogen-bond acceptors (Lipinski definition) is 6. The molecule has 0 spiro atoms. The van der Waals surface area contributed by atoms with Gasteiger partial charge in [0.05, 0.1) is 24.9 Å². The Kier molecular flexibility index (Phi) is 5.65. The lowest BCUT2D eigenvalue weighted by Crippen LogP contribution is -2.30. The van der Waals surface area contributed by atoms with Crippen molar-refractivity contribution < 1.29 is 20.1 Å². The summed E-state index contributed by atoms with van der Waals surface area (Å²) in [6.07, 6.45) is 1.12. The van der Waals surface area contributed by atoms with Gasteiger partial charge in [-0.05, 0) is 18.4 Å². The van der Waals surface area contributed by atoms with Crippen LogP contribution in [0.2, 0.25) is 0 Å². The Hall–Kier alpha value is -1.73. The van der Waals surface area contributed by atoms with Crippen LogP contribution in [0.15, 0.2) is 0 Å². The standard InChI is InChI=1S/C12H19N3O4/c1-3-8-9(4-2)14-15-11(10(8)12(18)19)13-7(5-16)6-17/h7,16-17H,3-6H2,1-2H3,(H,13,15)(H,18,19). The molecule has 1 heterocycles. The van der Waals surface area contributed by atoms with Crippen LogP contribution in [0.1, 0.15) is 35.5 Å². The van der Waals surface area contributed by atoms with Gasteiger partial charge < -0.3 is 20.6 Å².